The van der Waals surface area contributed by atoms with Gasteiger partial charge >= 0.3 is 0 Å². The van der Waals surface area contributed by atoms with E-state index < -0.39 is 0 Å². The second-order valence-corrected chi connectivity index (χ2v) is 10.5. The molecular weight excluding hydrogens is 508 g/mol. The Bertz CT molecular complexity index is 1310. The van der Waals surface area contributed by atoms with Gasteiger partial charge in [-0.25, -0.2) is 0 Å². The summed E-state index contributed by atoms with van der Waals surface area (Å²) in [5.41, 5.74) is 7.11. The molecule has 2 aliphatic rings. The number of benzene rings is 3. The first kappa shape index (κ1) is 26.0. The Morgan fingerprint density at radius 3 is 2.57 bits per heavy atom. The summed E-state index contributed by atoms with van der Waals surface area (Å²) >= 11 is 12.9. The summed E-state index contributed by atoms with van der Waals surface area (Å²) in [5.74, 6) is 0.826. The lowest BCUT2D eigenvalue weighted by Gasteiger charge is -2.19. The molecule has 1 aliphatic heterocycles. The molecule has 0 amide bonds. The summed E-state index contributed by atoms with van der Waals surface area (Å²) in [6, 6.07) is 19.7. The van der Waals surface area contributed by atoms with Crippen LogP contribution in [0.1, 0.15) is 53.5 Å². The van der Waals surface area contributed by atoms with E-state index in [9.17, 15) is 9.18 Å². The molecule has 1 heterocycles. The van der Waals surface area contributed by atoms with Crippen molar-refractivity contribution in [1.29, 1.82) is 0 Å². The van der Waals surface area contributed by atoms with E-state index in [1.54, 1.807) is 6.07 Å². The van der Waals surface area contributed by atoms with E-state index in [2.05, 4.69) is 17.0 Å². The van der Waals surface area contributed by atoms with Crippen LogP contribution in [0.15, 0.2) is 60.7 Å². The maximum atomic E-state index is 12.5. The van der Waals surface area contributed by atoms with Gasteiger partial charge in [0.2, 0.25) is 6.29 Å². The zero-order valence-electron chi connectivity index (χ0n) is 20.6. The Morgan fingerprint density at radius 2 is 1.81 bits per heavy atom. The molecule has 1 fully saturated rings. The maximum absolute atomic E-state index is 12.5. The minimum atomic E-state index is -0.277. The van der Waals surface area contributed by atoms with Gasteiger partial charge in [0.15, 0.2) is 0 Å². The van der Waals surface area contributed by atoms with Crippen LogP contribution < -0.4 is 4.74 Å². The van der Waals surface area contributed by atoms with E-state index in [4.69, 9.17) is 27.9 Å². The number of aryl methyl sites for hydroxylation is 1. The Labute approximate surface area is 227 Å². The number of alkyl halides is 1. The molecule has 1 aliphatic carbocycles. The number of hydrogen-bond acceptors (Lipinski definition) is 3. The summed E-state index contributed by atoms with van der Waals surface area (Å²) in [7, 11) is 0. The zero-order valence-corrected chi connectivity index (χ0v) is 22.1. The van der Waals surface area contributed by atoms with Gasteiger partial charge in [-0.15, -0.1) is 0 Å². The lowest BCUT2D eigenvalue weighted by Crippen LogP contribution is -2.26. The van der Waals surface area contributed by atoms with Crippen LogP contribution in [0.2, 0.25) is 10.0 Å². The number of allylic oxidation sites excluding steroid dienone is 1. The third-order valence-electron chi connectivity index (χ3n) is 7.21. The van der Waals surface area contributed by atoms with Crippen LogP contribution in [0.5, 0.6) is 5.75 Å². The lowest BCUT2D eigenvalue weighted by molar-refractivity contribution is 0.198. The van der Waals surface area contributed by atoms with Gasteiger partial charge < -0.3 is 4.74 Å². The monoisotopic (exact) mass is 536 g/mol. The fraction of sp³-hybridized carbons (Fsp3) is 0.323. The maximum Gasteiger partial charge on any atom is 0.233 e. The number of ether oxygens (including phenoxy) is 1. The van der Waals surface area contributed by atoms with Gasteiger partial charge in [0.05, 0.1) is 6.67 Å². The summed E-state index contributed by atoms with van der Waals surface area (Å²) in [6.07, 6.45) is 6.31. The highest BCUT2D eigenvalue weighted by Gasteiger charge is 2.25. The van der Waals surface area contributed by atoms with Crippen molar-refractivity contribution in [3.05, 3.63) is 98.5 Å². The van der Waals surface area contributed by atoms with Crippen LogP contribution in [0, 0.1) is 0 Å². The first-order valence-corrected chi connectivity index (χ1v) is 13.6. The number of fused-ring (bicyclic) bond motifs is 1. The van der Waals surface area contributed by atoms with Gasteiger partial charge in [-0.3, -0.25) is 14.1 Å². The van der Waals surface area contributed by atoms with E-state index in [1.165, 1.54) is 0 Å². The fourth-order valence-corrected chi connectivity index (χ4v) is 5.98. The first-order valence-electron chi connectivity index (χ1n) is 12.8. The van der Waals surface area contributed by atoms with E-state index in [0.717, 1.165) is 84.5 Å². The predicted octanol–water partition coefficient (Wildman–Crippen LogP) is 7.56. The minimum Gasteiger partial charge on any atom is -0.489 e. The third kappa shape index (κ3) is 5.93. The molecule has 6 heteroatoms. The fourth-order valence-electron chi connectivity index (χ4n) is 5.46. The van der Waals surface area contributed by atoms with Crippen LogP contribution in [-0.4, -0.2) is 43.6 Å². The molecule has 0 unspecified atom stereocenters. The van der Waals surface area contributed by atoms with Crippen molar-refractivity contribution in [2.24, 2.45) is 0 Å². The molecule has 1 atom stereocenters. The minimum absolute atomic E-state index is 0.115. The van der Waals surface area contributed by atoms with Gasteiger partial charge in [-0.1, -0.05) is 53.5 Å². The largest absolute Gasteiger partial charge is 0.489 e. The van der Waals surface area contributed by atoms with Crippen molar-refractivity contribution in [1.82, 2.24) is 4.90 Å². The highest BCUT2D eigenvalue weighted by molar-refractivity contribution is 6.36. The Hall–Kier alpha value is -2.66. The molecule has 37 heavy (non-hydrogen) atoms. The van der Waals surface area contributed by atoms with Crippen LogP contribution in [-0.2, 0) is 11.2 Å². The normalized spacial score (nSPS) is 18.0. The van der Waals surface area contributed by atoms with Gasteiger partial charge in [0.25, 0.3) is 0 Å². The van der Waals surface area contributed by atoms with Crippen molar-refractivity contribution in [3.8, 4) is 5.75 Å². The van der Waals surface area contributed by atoms with Gasteiger partial charge in [-0.05, 0) is 95.8 Å². The third-order valence-corrected chi connectivity index (χ3v) is 7.75. The Kier molecular flexibility index (Phi) is 8.29. The second-order valence-electron chi connectivity index (χ2n) is 9.70. The topological polar surface area (TPSA) is 29.5 Å². The van der Waals surface area contributed by atoms with Crippen LogP contribution in [0.3, 0.4) is 0 Å². The highest BCUT2D eigenvalue weighted by atomic mass is 35.5. The molecule has 0 N–H and O–H groups in total. The van der Waals surface area contributed by atoms with E-state index >= 15 is 0 Å². The number of halogens is 3. The molecule has 3 aromatic rings. The molecule has 1 saturated heterocycles. The van der Waals surface area contributed by atoms with Crippen molar-refractivity contribution in [2.75, 3.05) is 26.3 Å². The van der Waals surface area contributed by atoms with Crippen molar-refractivity contribution in [3.63, 3.8) is 0 Å². The van der Waals surface area contributed by atoms with Gasteiger partial charge in [0, 0.05) is 35.2 Å². The molecule has 0 spiro atoms. The van der Waals surface area contributed by atoms with Crippen molar-refractivity contribution >= 4 is 40.6 Å². The van der Waals surface area contributed by atoms with Crippen molar-refractivity contribution in [2.45, 2.75) is 38.2 Å². The highest BCUT2D eigenvalue weighted by Crippen LogP contribution is 2.42. The summed E-state index contributed by atoms with van der Waals surface area (Å²) in [4.78, 5) is 13.6. The molecule has 0 saturated carbocycles. The van der Waals surface area contributed by atoms with Crippen LogP contribution in [0.25, 0.3) is 11.1 Å². The number of carbonyl (C=O) groups excluding carboxylic acids is 1. The first-order chi connectivity index (χ1) is 18.1. The van der Waals surface area contributed by atoms with Crippen LogP contribution >= 0.6 is 23.2 Å². The molecule has 3 nitrogen and oxygen atoms in total. The van der Waals surface area contributed by atoms with E-state index in [-0.39, 0.29) is 12.8 Å². The van der Waals surface area contributed by atoms with Crippen molar-refractivity contribution < 1.29 is 13.9 Å². The summed E-state index contributed by atoms with van der Waals surface area (Å²) in [5, 5.41) is 1.23. The SMILES string of the molecule is O=[C]c1ccc2c(c1)CCCC(c1ccc(Cl)cc1Cl)=C2c1ccc(O[C@H]2CCN(CCCF)C2)cc1. The average molecular weight is 537 g/mol. The predicted molar refractivity (Wildman–Crippen MR) is 149 cm³/mol. The second kappa shape index (κ2) is 11.8. The molecule has 5 rings (SSSR count). The lowest BCUT2D eigenvalue weighted by atomic mass is 9.87. The molecule has 1 radical (unpaired) electrons. The molecule has 191 valence electrons. The Balaban J connectivity index is 1.50. The number of rotatable bonds is 8. The quantitative estimate of drug-likeness (QED) is 0.297. The van der Waals surface area contributed by atoms with E-state index in [0.29, 0.717) is 22.0 Å². The number of nitrogens with zero attached hydrogens (tertiary/aromatic N) is 1. The van der Waals surface area contributed by atoms with Gasteiger partial charge in [-0.2, -0.15) is 0 Å². The molecular formula is C31H29Cl2FNO2. The van der Waals surface area contributed by atoms with Crippen LogP contribution in [0.4, 0.5) is 4.39 Å². The number of likely N-dealkylation sites (tertiary alicyclic amines) is 1. The smallest absolute Gasteiger partial charge is 0.233 e. The molecule has 0 aromatic heterocycles. The Morgan fingerprint density at radius 1 is 1.00 bits per heavy atom. The number of hydrogen-bond donors (Lipinski definition) is 0. The summed E-state index contributed by atoms with van der Waals surface area (Å²) in [6.45, 7) is 2.27. The average Bonchev–Trinajstić information content (AvgIpc) is 3.26. The van der Waals surface area contributed by atoms with E-state index in [1.807, 2.05) is 48.8 Å². The standard InChI is InChI=1S/C31H29Cl2FNO2/c32-24-8-12-28(30(33)18-24)29-4-1-3-23-17-21(20-36)5-11-27(23)31(29)22-6-9-25(10-7-22)37-26-13-16-35(19-26)15-2-14-34/h5-12,17-18,26H,1-4,13-16,19H2/t26-/m0/s1. The summed E-state index contributed by atoms with van der Waals surface area (Å²) < 4.78 is 18.8. The molecule has 0 bridgehead atoms. The van der Waals surface area contributed by atoms with Gasteiger partial charge in [0.1, 0.15) is 11.9 Å². The molecule has 3 aromatic carbocycles. The zero-order chi connectivity index (χ0) is 25.8.